The Balaban J connectivity index is 1.95. The highest BCUT2D eigenvalue weighted by atomic mass is 35.5. The number of carbonyl (C=O) groups excluding carboxylic acids is 1. The zero-order valence-electron chi connectivity index (χ0n) is 13.9. The van der Waals surface area contributed by atoms with Gasteiger partial charge in [-0.05, 0) is 29.3 Å². The van der Waals surface area contributed by atoms with Gasteiger partial charge in [0.2, 0.25) is 5.91 Å². The molecule has 2 aromatic carbocycles. The number of fused-ring (bicyclic) bond motifs is 3. The zero-order chi connectivity index (χ0) is 18.4. The third-order valence-corrected chi connectivity index (χ3v) is 5.64. The first-order valence-corrected chi connectivity index (χ1v) is 9.01. The summed E-state index contributed by atoms with van der Waals surface area (Å²) in [6, 6.07) is 9.40. The van der Waals surface area contributed by atoms with Crippen molar-refractivity contribution in [1.29, 1.82) is 0 Å². The maximum absolute atomic E-state index is 12.0. The van der Waals surface area contributed by atoms with E-state index in [-0.39, 0.29) is 5.91 Å². The van der Waals surface area contributed by atoms with Crippen LogP contribution >= 0.6 is 23.2 Å². The van der Waals surface area contributed by atoms with Gasteiger partial charge in [-0.2, -0.15) is 0 Å². The quantitative estimate of drug-likeness (QED) is 0.585. The number of nitrogens with one attached hydrogen (secondary N) is 1. The summed E-state index contributed by atoms with van der Waals surface area (Å²) in [7, 11) is 0. The number of aromatic amines is 1. The van der Waals surface area contributed by atoms with Gasteiger partial charge in [-0.3, -0.25) is 4.79 Å². The third-order valence-electron chi connectivity index (χ3n) is 4.85. The van der Waals surface area contributed by atoms with Crippen LogP contribution in [0, 0.1) is 0 Å². The molecule has 0 spiro atoms. The van der Waals surface area contributed by atoms with Crippen molar-refractivity contribution < 1.29 is 9.90 Å². The standard InChI is InChI=1S/C19H17Cl2N3O2/c20-14-7-12(10-1-3-11(22)4-2-10)17-13-8-24(16(26)9-25)6-5-15(13)23-19(17)18(14)21/h1-4,7,23,25H,5-6,8-9,22H2. The number of nitrogen functional groups attached to an aromatic ring is 1. The zero-order valence-corrected chi connectivity index (χ0v) is 15.4. The minimum absolute atomic E-state index is 0.279. The van der Waals surface area contributed by atoms with Gasteiger partial charge in [0, 0.05) is 41.8 Å². The Morgan fingerprint density at radius 3 is 2.69 bits per heavy atom. The van der Waals surface area contributed by atoms with Crippen LogP contribution < -0.4 is 5.73 Å². The van der Waals surface area contributed by atoms with Crippen LogP contribution in [0.2, 0.25) is 10.0 Å². The van der Waals surface area contributed by atoms with Gasteiger partial charge in [0.1, 0.15) is 6.61 Å². The van der Waals surface area contributed by atoms with Crippen LogP contribution in [0.4, 0.5) is 5.69 Å². The van der Waals surface area contributed by atoms with Gasteiger partial charge in [0.05, 0.1) is 15.6 Å². The van der Waals surface area contributed by atoms with Crippen molar-refractivity contribution in [2.45, 2.75) is 13.0 Å². The van der Waals surface area contributed by atoms with Crippen molar-refractivity contribution >= 4 is 45.7 Å². The van der Waals surface area contributed by atoms with Crippen LogP contribution in [0.5, 0.6) is 0 Å². The Morgan fingerprint density at radius 2 is 2.00 bits per heavy atom. The maximum atomic E-state index is 12.0. The summed E-state index contributed by atoms with van der Waals surface area (Å²) in [4.78, 5) is 17.0. The molecule has 0 unspecified atom stereocenters. The summed E-state index contributed by atoms with van der Waals surface area (Å²) >= 11 is 12.8. The van der Waals surface area contributed by atoms with Crippen LogP contribution in [-0.4, -0.2) is 34.0 Å². The van der Waals surface area contributed by atoms with Crippen molar-refractivity contribution in [2.75, 3.05) is 18.9 Å². The third kappa shape index (κ3) is 2.72. The van der Waals surface area contributed by atoms with Crippen LogP contribution in [0.3, 0.4) is 0 Å². The molecule has 26 heavy (non-hydrogen) atoms. The molecule has 7 heteroatoms. The molecule has 1 aromatic heterocycles. The second-order valence-corrected chi connectivity index (χ2v) is 7.18. The number of H-pyrrole nitrogens is 1. The number of aromatic nitrogens is 1. The van der Waals surface area contributed by atoms with Gasteiger partial charge in [0.15, 0.2) is 0 Å². The van der Waals surface area contributed by atoms with Crippen LogP contribution in [0.25, 0.3) is 22.0 Å². The number of amides is 1. The number of aliphatic hydroxyl groups excluding tert-OH is 1. The highest BCUT2D eigenvalue weighted by Gasteiger charge is 2.26. The van der Waals surface area contributed by atoms with E-state index in [9.17, 15) is 9.90 Å². The summed E-state index contributed by atoms with van der Waals surface area (Å²) in [5.41, 5.74) is 11.2. The minimum Gasteiger partial charge on any atom is -0.399 e. The Morgan fingerprint density at radius 1 is 1.27 bits per heavy atom. The Hall–Kier alpha value is -2.21. The summed E-state index contributed by atoms with van der Waals surface area (Å²) in [5.74, 6) is -0.279. The molecule has 0 bridgehead atoms. The summed E-state index contributed by atoms with van der Waals surface area (Å²) in [5, 5.41) is 11.1. The minimum atomic E-state index is -0.491. The molecule has 0 radical (unpaired) electrons. The smallest absolute Gasteiger partial charge is 0.248 e. The van der Waals surface area contributed by atoms with E-state index in [1.807, 2.05) is 30.3 Å². The van der Waals surface area contributed by atoms with E-state index in [0.717, 1.165) is 33.3 Å². The Kier molecular flexibility index (Phi) is 4.31. The molecule has 4 rings (SSSR count). The fourth-order valence-corrected chi connectivity index (χ4v) is 3.94. The monoisotopic (exact) mass is 389 g/mol. The summed E-state index contributed by atoms with van der Waals surface area (Å²) in [6.45, 7) is 0.492. The number of halogens is 2. The first-order valence-electron chi connectivity index (χ1n) is 8.25. The second-order valence-electron chi connectivity index (χ2n) is 6.40. The lowest BCUT2D eigenvalue weighted by atomic mass is 9.96. The number of anilines is 1. The van der Waals surface area contributed by atoms with Crippen molar-refractivity contribution in [3.63, 3.8) is 0 Å². The number of aliphatic hydroxyl groups is 1. The molecule has 0 atom stereocenters. The van der Waals surface area contributed by atoms with E-state index in [4.69, 9.17) is 28.9 Å². The van der Waals surface area contributed by atoms with Crippen molar-refractivity contribution in [2.24, 2.45) is 0 Å². The van der Waals surface area contributed by atoms with Gasteiger partial charge < -0.3 is 20.7 Å². The fourth-order valence-electron chi connectivity index (χ4n) is 3.54. The topological polar surface area (TPSA) is 82.4 Å². The second kappa shape index (κ2) is 6.50. The van der Waals surface area contributed by atoms with Crippen molar-refractivity contribution in [3.8, 4) is 11.1 Å². The number of nitrogens with two attached hydrogens (primary N) is 1. The van der Waals surface area contributed by atoms with Gasteiger partial charge in [0.25, 0.3) is 0 Å². The Labute approximate surface area is 160 Å². The molecule has 4 N–H and O–H groups in total. The highest BCUT2D eigenvalue weighted by molar-refractivity contribution is 6.45. The first kappa shape index (κ1) is 17.2. The fraction of sp³-hybridized carbons (Fsp3) is 0.211. The lowest BCUT2D eigenvalue weighted by Gasteiger charge is -2.27. The molecule has 0 saturated carbocycles. The van der Waals surface area contributed by atoms with Crippen molar-refractivity contribution in [3.05, 3.63) is 51.6 Å². The van der Waals surface area contributed by atoms with E-state index >= 15 is 0 Å². The molecule has 1 amide bonds. The molecular formula is C19H17Cl2N3O2. The average Bonchev–Trinajstić information content (AvgIpc) is 3.04. The molecule has 1 aliphatic rings. The highest BCUT2D eigenvalue weighted by Crippen LogP contribution is 2.42. The number of rotatable bonds is 2. The summed E-state index contributed by atoms with van der Waals surface area (Å²) < 4.78 is 0. The number of nitrogens with zero attached hydrogens (tertiary/aromatic N) is 1. The molecule has 0 fully saturated rings. The van der Waals surface area contributed by atoms with E-state index in [1.165, 1.54) is 0 Å². The van der Waals surface area contributed by atoms with E-state index in [2.05, 4.69) is 4.98 Å². The SMILES string of the molecule is Nc1ccc(-c2cc(Cl)c(Cl)c3[nH]c4c(c23)CN(C(=O)CO)CC4)cc1. The lowest BCUT2D eigenvalue weighted by Crippen LogP contribution is -2.37. The van der Waals surface area contributed by atoms with Crippen LogP contribution in [0.15, 0.2) is 30.3 Å². The number of hydrogen-bond donors (Lipinski definition) is 3. The van der Waals surface area contributed by atoms with E-state index in [0.29, 0.717) is 35.2 Å². The molecule has 2 heterocycles. The molecule has 134 valence electrons. The lowest BCUT2D eigenvalue weighted by molar-refractivity contribution is -0.135. The molecule has 3 aromatic rings. The average molecular weight is 390 g/mol. The number of benzene rings is 2. The normalized spacial score (nSPS) is 13.9. The molecular weight excluding hydrogens is 373 g/mol. The van der Waals surface area contributed by atoms with Gasteiger partial charge in [-0.15, -0.1) is 0 Å². The molecule has 1 aliphatic heterocycles. The van der Waals surface area contributed by atoms with Crippen LogP contribution in [0.1, 0.15) is 11.3 Å². The molecule has 0 aliphatic carbocycles. The maximum Gasteiger partial charge on any atom is 0.248 e. The van der Waals surface area contributed by atoms with Gasteiger partial charge in [-0.1, -0.05) is 35.3 Å². The van der Waals surface area contributed by atoms with Gasteiger partial charge in [-0.25, -0.2) is 0 Å². The van der Waals surface area contributed by atoms with Crippen LogP contribution in [-0.2, 0) is 17.8 Å². The summed E-state index contributed by atoms with van der Waals surface area (Å²) in [6.07, 6.45) is 0.672. The first-order chi connectivity index (χ1) is 12.5. The predicted molar refractivity (Wildman–Crippen MR) is 104 cm³/mol. The van der Waals surface area contributed by atoms with Crippen molar-refractivity contribution in [1.82, 2.24) is 9.88 Å². The van der Waals surface area contributed by atoms with E-state index in [1.54, 1.807) is 4.90 Å². The van der Waals surface area contributed by atoms with E-state index < -0.39 is 6.61 Å². The number of hydrogen-bond acceptors (Lipinski definition) is 3. The largest absolute Gasteiger partial charge is 0.399 e. The predicted octanol–water partition coefficient (Wildman–Crippen LogP) is 3.60. The number of carbonyl (C=O) groups is 1. The molecule has 5 nitrogen and oxygen atoms in total. The van der Waals surface area contributed by atoms with Gasteiger partial charge >= 0.3 is 0 Å². The molecule has 0 saturated heterocycles. The Bertz CT molecular complexity index is 1010.